The first-order valence-electron chi connectivity index (χ1n) is 7.58. The van der Waals surface area contributed by atoms with Crippen LogP contribution in [-0.2, 0) is 6.18 Å². The topological polar surface area (TPSA) is 54.0 Å². The lowest BCUT2D eigenvalue weighted by Crippen LogP contribution is -2.26. The molecule has 0 bridgehead atoms. The Labute approximate surface area is 141 Å². The van der Waals surface area contributed by atoms with Gasteiger partial charge in [0.1, 0.15) is 0 Å². The van der Waals surface area contributed by atoms with Gasteiger partial charge in [-0.25, -0.2) is 4.98 Å². The maximum atomic E-state index is 12.7. The van der Waals surface area contributed by atoms with Crippen molar-refractivity contribution in [3.63, 3.8) is 0 Å². The third kappa shape index (κ3) is 3.93. The van der Waals surface area contributed by atoms with Crippen molar-refractivity contribution in [1.82, 2.24) is 10.3 Å². The van der Waals surface area contributed by atoms with Gasteiger partial charge in [-0.2, -0.15) is 13.2 Å². The molecule has 1 saturated heterocycles. The molecule has 2 aromatic rings. The first-order valence-corrected chi connectivity index (χ1v) is 8.40. The molecule has 4 nitrogen and oxygen atoms in total. The number of amides is 1. The summed E-state index contributed by atoms with van der Waals surface area (Å²) < 4.78 is 38.2. The van der Waals surface area contributed by atoms with Crippen LogP contribution < -0.4 is 10.6 Å². The zero-order valence-electron chi connectivity index (χ0n) is 12.7. The van der Waals surface area contributed by atoms with Gasteiger partial charge in [-0.15, -0.1) is 11.3 Å². The zero-order valence-corrected chi connectivity index (χ0v) is 13.5. The number of benzene rings is 1. The molecule has 1 aromatic heterocycles. The van der Waals surface area contributed by atoms with Gasteiger partial charge in [-0.05, 0) is 50.0 Å². The highest BCUT2D eigenvalue weighted by molar-refractivity contribution is 7.15. The van der Waals surface area contributed by atoms with Gasteiger partial charge in [0, 0.05) is 16.6 Å². The lowest BCUT2D eigenvalue weighted by molar-refractivity contribution is -0.137. The molecule has 3 rings (SSSR count). The van der Waals surface area contributed by atoms with E-state index in [9.17, 15) is 18.0 Å². The summed E-state index contributed by atoms with van der Waals surface area (Å²) in [5.74, 6) is -0.171. The Kier molecular flexibility index (Phi) is 4.86. The summed E-state index contributed by atoms with van der Waals surface area (Å²) in [7, 11) is 0. The number of anilines is 1. The third-order valence-corrected chi connectivity index (χ3v) is 5.01. The van der Waals surface area contributed by atoms with Crippen LogP contribution in [0.3, 0.4) is 0 Å². The number of alkyl halides is 3. The van der Waals surface area contributed by atoms with E-state index in [1.54, 1.807) is 6.20 Å². The fraction of sp³-hybridized carbons (Fsp3) is 0.375. The second-order valence-corrected chi connectivity index (χ2v) is 6.69. The van der Waals surface area contributed by atoms with Gasteiger partial charge in [0.15, 0.2) is 5.13 Å². The number of hydrogen-bond donors (Lipinski definition) is 2. The number of piperidine rings is 1. The molecule has 0 saturated carbocycles. The number of carbonyl (C=O) groups is 1. The summed E-state index contributed by atoms with van der Waals surface area (Å²) in [6, 6.07) is 4.36. The van der Waals surface area contributed by atoms with Crippen LogP contribution in [0.5, 0.6) is 0 Å². The highest BCUT2D eigenvalue weighted by Gasteiger charge is 2.31. The van der Waals surface area contributed by atoms with Gasteiger partial charge in [0.25, 0.3) is 5.91 Å². The van der Waals surface area contributed by atoms with Gasteiger partial charge >= 0.3 is 6.18 Å². The minimum absolute atomic E-state index is 0.0385. The number of hydrogen-bond acceptors (Lipinski definition) is 4. The maximum absolute atomic E-state index is 12.7. The molecule has 0 aliphatic carbocycles. The molecule has 0 atom stereocenters. The second-order valence-electron chi connectivity index (χ2n) is 5.62. The fourth-order valence-corrected chi connectivity index (χ4v) is 3.63. The van der Waals surface area contributed by atoms with Crippen LogP contribution in [0, 0.1) is 0 Å². The van der Waals surface area contributed by atoms with Crippen molar-refractivity contribution in [2.45, 2.75) is 24.9 Å². The number of rotatable bonds is 3. The molecule has 128 valence electrons. The summed E-state index contributed by atoms with van der Waals surface area (Å²) in [6.07, 6.45) is -0.700. The summed E-state index contributed by atoms with van der Waals surface area (Å²) in [5, 5.41) is 6.28. The van der Waals surface area contributed by atoms with Crippen LogP contribution in [0.1, 0.15) is 39.6 Å². The monoisotopic (exact) mass is 355 g/mol. The average molecular weight is 355 g/mol. The molecule has 1 aromatic carbocycles. The number of thiazole rings is 1. The van der Waals surface area contributed by atoms with Crippen LogP contribution in [0.4, 0.5) is 18.3 Å². The number of carbonyl (C=O) groups excluding carboxylic acids is 1. The van der Waals surface area contributed by atoms with Crippen molar-refractivity contribution in [2.24, 2.45) is 0 Å². The SMILES string of the molecule is O=C(Nc1ncc(C2CCNCC2)s1)c1cccc(C(F)(F)F)c1. The van der Waals surface area contributed by atoms with Gasteiger partial charge < -0.3 is 5.32 Å². The lowest BCUT2D eigenvalue weighted by atomic mass is 9.97. The summed E-state index contributed by atoms with van der Waals surface area (Å²) >= 11 is 1.38. The number of aromatic nitrogens is 1. The molecule has 0 spiro atoms. The molecule has 1 aliphatic heterocycles. The Hall–Kier alpha value is -1.93. The highest BCUT2D eigenvalue weighted by Crippen LogP contribution is 2.32. The Balaban J connectivity index is 1.70. The van der Waals surface area contributed by atoms with Crippen molar-refractivity contribution in [1.29, 1.82) is 0 Å². The van der Waals surface area contributed by atoms with Crippen LogP contribution in [0.15, 0.2) is 30.5 Å². The Morgan fingerprint density at radius 2 is 2.04 bits per heavy atom. The van der Waals surface area contributed by atoms with E-state index >= 15 is 0 Å². The number of halogens is 3. The molecule has 1 fully saturated rings. The molecule has 24 heavy (non-hydrogen) atoms. The van der Waals surface area contributed by atoms with E-state index < -0.39 is 17.6 Å². The predicted octanol–water partition coefficient (Wildman–Crippen LogP) is 3.88. The van der Waals surface area contributed by atoms with Gasteiger partial charge in [-0.3, -0.25) is 10.1 Å². The average Bonchev–Trinajstić information content (AvgIpc) is 3.03. The fourth-order valence-electron chi connectivity index (χ4n) is 2.65. The third-order valence-electron chi connectivity index (χ3n) is 3.94. The minimum Gasteiger partial charge on any atom is -0.317 e. The normalized spacial score (nSPS) is 16.1. The Morgan fingerprint density at radius 3 is 2.75 bits per heavy atom. The smallest absolute Gasteiger partial charge is 0.317 e. The van der Waals surface area contributed by atoms with Crippen molar-refractivity contribution in [2.75, 3.05) is 18.4 Å². The van der Waals surface area contributed by atoms with Crippen LogP contribution in [0.2, 0.25) is 0 Å². The standard InChI is InChI=1S/C16H16F3N3OS/c17-16(18,19)12-3-1-2-11(8-12)14(23)22-15-21-9-13(24-15)10-4-6-20-7-5-10/h1-3,8-10,20H,4-7H2,(H,21,22,23). The first kappa shape index (κ1) is 16.9. The van der Waals surface area contributed by atoms with Crippen LogP contribution >= 0.6 is 11.3 Å². The van der Waals surface area contributed by atoms with Gasteiger partial charge in [0.2, 0.25) is 0 Å². The second kappa shape index (κ2) is 6.90. The highest BCUT2D eigenvalue weighted by atomic mass is 32.1. The lowest BCUT2D eigenvalue weighted by Gasteiger charge is -2.20. The molecular weight excluding hydrogens is 339 g/mol. The molecular formula is C16H16F3N3OS. The van der Waals surface area contributed by atoms with Gasteiger partial charge in [0.05, 0.1) is 5.56 Å². The zero-order chi connectivity index (χ0) is 17.2. The molecule has 2 heterocycles. The molecule has 0 unspecified atom stereocenters. The van der Waals surface area contributed by atoms with Crippen molar-refractivity contribution in [3.05, 3.63) is 46.5 Å². The molecule has 2 N–H and O–H groups in total. The van der Waals surface area contributed by atoms with E-state index in [-0.39, 0.29) is 5.56 Å². The minimum atomic E-state index is -4.47. The van der Waals surface area contributed by atoms with E-state index in [1.165, 1.54) is 23.5 Å². The first-order chi connectivity index (χ1) is 11.4. The largest absolute Gasteiger partial charge is 0.416 e. The van der Waals surface area contributed by atoms with Crippen molar-refractivity contribution < 1.29 is 18.0 Å². The molecule has 1 amide bonds. The van der Waals surface area contributed by atoms with E-state index in [2.05, 4.69) is 15.6 Å². The number of nitrogens with one attached hydrogen (secondary N) is 2. The summed E-state index contributed by atoms with van der Waals surface area (Å²) in [4.78, 5) is 17.4. The predicted molar refractivity (Wildman–Crippen MR) is 86.4 cm³/mol. The quantitative estimate of drug-likeness (QED) is 0.878. The van der Waals surface area contributed by atoms with Crippen LogP contribution in [-0.4, -0.2) is 24.0 Å². The molecule has 1 aliphatic rings. The van der Waals surface area contributed by atoms with Crippen molar-refractivity contribution in [3.8, 4) is 0 Å². The molecule has 8 heteroatoms. The van der Waals surface area contributed by atoms with E-state index in [4.69, 9.17) is 0 Å². The maximum Gasteiger partial charge on any atom is 0.416 e. The Bertz CT molecular complexity index is 723. The van der Waals surface area contributed by atoms with E-state index in [0.717, 1.165) is 42.9 Å². The summed E-state index contributed by atoms with van der Waals surface area (Å²) in [5.41, 5.74) is -0.881. The molecule has 0 radical (unpaired) electrons. The van der Waals surface area contributed by atoms with E-state index in [1.807, 2.05) is 0 Å². The van der Waals surface area contributed by atoms with E-state index in [0.29, 0.717) is 11.0 Å². The summed E-state index contributed by atoms with van der Waals surface area (Å²) in [6.45, 7) is 1.91. The van der Waals surface area contributed by atoms with Crippen molar-refractivity contribution >= 4 is 22.4 Å². The number of nitrogens with zero attached hydrogens (tertiary/aromatic N) is 1. The Morgan fingerprint density at radius 1 is 1.29 bits per heavy atom. The van der Waals surface area contributed by atoms with Gasteiger partial charge in [-0.1, -0.05) is 6.07 Å². The van der Waals surface area contributed by atoms with Crippen LogP contribution in [0.25, 0.3) is 0 Å².